The molecule has 0 aliphatic rings. The van der Waals surface area contributed by atoms with E-state index in [-0.39, 0.29) is 23.3 Å². The molecule has 0 aromatic carbocycles. The van der Waals surface area contributed by atoms with E-state index < -0.39 is 0 Å². The molecule has 6 N–H and O–H groups in total. The highest BCUT2D eigenvalue weighted by molar-refractivity contribution is 5.71. The molecule has 1 aromatic rings. The molecule has 0 aliphatic heterocycles. The smallest absolute Gasteiger partial charge is 0.226 e. The van der Waals surface area contributed by atoms with Crippen LogP contribution in [0.25, 0.3) is 0 Å². The second-order valence-electron chi connectivity index (χ2n) is 1.80. The highest BCUT2D eigenvalue weighted by Crippen LogP contribution is 2.23. The number of hydrogen-bond acceptors (Lipinski definition) is 7. The third-order valence-electron chi connectivity index (χ3n) is 1.06. The van der Waals surface area contributed by atoms with E-state index in [9.17, 15) is 4.91 Å². The van der Waals surface area contributed by atoms with Crippen LogP contribution in [0.5, 0.6) is 0 Å². The van der Waals surface area contributed by atoms with Gasteiger partial charge >= 0.3 is 0 Å². The molecule has 0 fully saturated rings. The SMILES string of the molecule is Nc1nc(N)c(N)c(N=O)n1. The first-order chi connectivity index (χ1) is 5.15. The van der Waals surface area contributed by atoms with Gasteiger partial charge in [0.25, 0.3) is 0 Å². The lowest BCUT2D eigenvalue weighted by atomic mass is 10.4. The molecular formula is C4H6N6O. The molecule has 1 rings (SSSR count). The van der Waals surface area contributed by atoms with Crippen LogP contribution in [-0.2, 0) is 0 Å². The lowest BCUT2D eigenvalue weighted by Gasteiger charge is -1.99. The molecule has 11 heavy (non-hydrogen) atoms. The Morgan fingerprint density at radius 3 is 2.36 bits per heavy atom. The lowest BCUT2D eigenvalue weighted by molar-refractivity contribution is 1.18. The molecule has 7 nitrogen and oxygen atoms in total. The highest BCUT2D eigenvalue weighted by atomic mass is 16.3. The van der Waals surface area contributed by atoms with Crippen molar-refractivity contribution in [2.75, 3.05) is 17.2 Å². The van der Waals surface area contributed by atoms with Gasteiger partial charge < -0.3 is 17.2 Å². The molecule has 0 saturated heterocycles. The molecule has 0 saturated carbocycles. The summed E-state index contributed by atoms with van der Waals surface area (Å²) in [4.78, 5) is 16.9. The predicted octanol–water partition coefficient (Wildman–Crippen LogP) is -0.379. The van der Waals surface area contributed by atoms with E-state index in [0.29, 0.717) is 0 Å². The molecule has 0 unspecified atom stereocenters. The van der Waals surface area contributed by atoms with Crippen molar-refractivity contribution in [2.24, 2.45) is 5.18 Å². The number of aromatic nitrogens is 2. The number of hydrogen-bond donors (Lipinski definition) is 3. The third kappa shape index (κ3) is 1.16. The van der Waals surface area contributed by atoms with Crippen LogP contribution in [0.1, 0.15) is 0 Å². The largest absolute Gasteiger partial charge is 0.393 e. The highest BCUT2D eigenvalue weighted by Gasteiger charge is 2.06. The van der Waals surface area contributed by atoms with Crippen LogP contribution in [0.2, 0.25) is 0 Å². The van der Waals surface area contributed by atoms with Gasteiger partial charge in [-0.15, -0.1) is 4.91 Å². The first-order valence-corrected chi connectivity index (χ1v) is 2.67. The molecule has 0 radical (unpaired) electrons. The van der Waals surface area contributed by atoms with Crippen molar-refractivity contribution in [3.8, 4) is 0 Å². The summed E-state index contributed by atoms with van der Waals surface area (Å²) in [6, 6.07) is 0. The second-order valence-corrected chi connectivity index (χ2v) is 1.80. The van der Waals surface area contributed by atoms with Crippen LogP contribution in [-0.4, -0.2) is 9.97 Å². The molecule has 1 heterocycles. The number of anilines is 3. The fourth-order valence-electron chi connectivity index (χ4n) is 0.562. The van der Waals surface area contributed by atoms with E-state index in [1.807, 2.05) is 0 Å². The number of nitrogens with two attached hydrogens (primary N) is 3. The van der Waals surface area contributed by atoms with Crippen LogP contribution >= 0.6 is 0 Å². The Bertz CT molecular complexity index is 297. The van der Waals surface area contributed by atoms with E-state index in [4.69, 9.17) is 17.2 Å². The molecule has 1 aromatic heterocycles. The third-order valence-corrected chi connectivity index (χ3v) is 1.06. The molecule has 58 valence electrons. The summed E-state index contributed by atoms with van der Waals surface area (Å²) in [7, 11) is 0. The molecule has 7 heteroatoms. The van der Waals surface area contributed by atoms with E-state index in [0.717, 1.165) is 0 Å². The molecule has 0 spiro atoms. The lowest BCUT2D eigenvalue weighted by Crippen LogP contribution is -2.03. The number of nitrogen functional groups attached to an aromatic ring is 3. The average Bonchev–Trinajstić information content (AvgIpc) is 1.96. The van der Waals surface area contributed by atoms with E-state index in [2.05, 4.69) is 15.1 Å². The minimum Gasteiger partial charge on any atom is -0.393 e. The standard InChI is InChI=1S/C4H6N6O/c5-1-2(6)8-4(7)9-3(1)10-11/h5H2,(H4,6,7,8,9). The Hall–Kier alpha value is -1.92. The summed E-state index contributed by atoms with van der Waals surface area (Å²) in [5.74, 6) is -0.381. The fraction of sp³-hybridized carbons (Fsp3) is 0. The van der Waals surface area contributed by atoms with Crippen molar-refractivity contribution in [1.29, 1.82) is 0 Å². The molecule has 0 aliphatic carbocycles. The van der Waals surface area contributed by atoms with Crippen LogP contribution in [0, 0.1) is 4.91 Å². The topological polar surface area (TPSA) is 133 Å². The normalized spacial score (nSPS) is 9.45. The number of rotatable bonds is 1. The van der Waals surface area contributed by atoms with E-state index in [1.165, 1.54) is 0 Å². The zero-order valence-electron chi connectivity index (χ0n) is 5.48. The van der Waals surface area contributed by atoms with Crippen molar-refractivity contribution in [1.82, 2.24) is 9.97 Å². The Balaban J connectivity index is 3.35. The van der Waals surface area contributed by atoms with Crippen LogP contribution < -0.4 is 17.2 Å². The molecular weight excluding hydrogens is 148 g/mol. The maximum absolute atomic E-state index is 10.0. The summed E-state index contributed by atoms with van der Waals surface area (Å²) in [5, 5.41) is 2.51. The Morgan fingerprint density at radius 2 is 1.82 bits per heavy atom. The first kappa shape index (κ1) is 7.19. The monoisotopic (exact) mass is 154 g/mol. The van der Waals surface area contributed by atoms with Crippen LogP contribution in [0.15, 0.2) is 5.18 Å². The average molecular weight is 154 g/mol. The van der Waals surface area contributed by atoms with Crippen molar-refractivity contribution in [3.05, 3.63) is 4.91 Å². The van der Waals surface area contributed by atoms with Crippen molar-refractivity contribution in [2.45, 2.75) is 0 Å². The van der Waals surface area contributed by atoms with Gasteiger partial charge in [-0.1, -0.05) is 0 Å². The Morgan fingerprint density at radius 1 is 1.18 bits per heavy atom. The second kappa shape index (κ2) is 2.37. The van der Waals surface area contributed by atoms with Crippen LogP contribution in [0.4, 0.5) is 23.3 Å². The van der Waals surface area contributed by atoms with Gasteiger partial charge in [0.15, 0.2) is 5.82 Å². The maximum Gasteiger partial charge on any atom is 0.226 e. The van der Waals surface area contributed by atoms with Gasteiger partial charge in [0, 0.05) is 0 Å². The van der Waals surface area contributed by atoms with Crippen molar-refractivity contribution in [3.63, 3.8) is 0 Å². The maximum atomic E-state index is 10.0. The van der Waals surface area contributed by atoms with Gasteiger partial charge in [-0.25, -0.2) is 0 Å². The van der Waals surface area contributed by atoms with E-state index >= 15 is 0 Å². The summed E-state index contributed by atoms with van der Waals surface area (Å²) in [6.45, 7) is 0. The Kier molecular flexibility index (Phi) is 1.55. The number of nitrogens with zero attached hydrogens (tertiary/aromatic N) is 3. The van der Waals surface area contributed by atoms with Gasteiger partial charge in [0.1, 0.15) is 5.69 Å². The minimum atomic E-state index is -0.227. The van der Waals surface area contributed by atoms with Crippen molar-refractivity contribution >= 4 is 23.3 Å². The summed E-state index contributed by atoms with van der Waals surface area (Å²) < 4.78 is 0. The summed E-state index contributed by atoms with van der Waals surface area (Å²) >= 11 is 0. The van der Waals surface area contributed by atoms with Gasteiger partial charge in [-0.05, 0) is 5.18 Å². The predicted molar refractivity (Wildman–Crippen MR) is 40.7 cm³/mol. The zero-order valence-corrected chi connectivity index (χ0v) is 5.48. The minimum absolute atomic E-state index is 0.0351. The van der Waals surface area contributed by atoms with Gasteiger partial charge in [-0.3, -0.25) is 0 Å². The Labute approximate surface area is 61.6 Å². The molecule has 0 bridgehead atoms. The first-order valence-electron chi connectivity index (χ1n) is 2.67. The fourth-order valence-corrected chi connectivity index (χ4v) is 0.562. The van der Waals surface area contributed by atoms with Gasteiger partial charge in [0.2, 0.25) is 11.8 Å². The summed E-state index contributed by atoms with van der Waals surface area (Å²) in [6.07, 6.45) is 0. The number of nitroso groups, excluding NO2 is 1. The van der Waals surface area contributed by atoms with Gasteiger partial charge in [-0.2, -0.15) is 9.97 Å². The summed E-state index contributed by atoms with van der Waals surface area (Å²) in [5.41, 5.74) is 15.6. The van der Waals surface area contributed by atoms with Gasteiger partial charge in [0.05, 0.1) is 0 Å². The zero-order chi connectivity index (χ0) is 8.43. The van der Waals surface area contributed by atoms with Crippen LogP contribution in [0.3, 0.4) is 0 Å². The molecule has 0 atom stereocenters. The molecule has 0 amide bonds. The quantitative estimate of drug-likeness (QED) is 0.472. The van der Waals surface area contributed by atoms with E-state index in [1.54, 1.807) is 0 Å². The van der Waals surface area contributed by atoms with Crippen molar-refractivity contribution < 1.29 is 0 Å².